The topological polar surface area (TPSA) is 98.1 Å². The molecule has 2 N–H and O–H groups in total. The Morgan fingerprint density at radius 3 is 2.10 bits per heavy atom. The second-order valence-electron chi connectivity index (χ2n) is 11.6. The fraction of sp³-hybridized carbons (Fsp3) is 0.387. The van der Waals surface area contributed by atoms with Crippen molar-refractivity contribution in [2.24, 2.45) is 5.41 Å². The van der Waals surface area contributed by atoms with Gasteiger partial charge in [-0.2, -0.15) is 0 Å². The molecule has 6 rings (SSSR count). The minimum Gasteiger partial charge on any atom is -0.385 e. The number of ketones is 1. The maximum absolute atomic E-state index is 14.7. The summed E-state index contributed by atoms with van der Waals surface area (Å²) in [5.74, 6) is -0.526. The summed E-state index contributed by atoms with van der Waals surface area (Å²) >= 11 is 0. The van der Waals surface area contributed by atoms with E-state index in [1.807, 2.05) is 6.92 Å². The van der Waals surface area contributed by atoms with Gasteiger partial charge in [-0.15, -0.1) is 4.31 Å². The fourth-order valence-electron chi connectivity index (χ4n) is 7.43. The maximum Gasteiger partial charge on any atom is 0.248 e. The van der Waals surface area contributed by atoms with Crippen molar-refractivity contribution >= 4 is 21.5 Å². The number of anilines is 1. The monoisotopic (exact) mass is 546 g/mol. The van der Waals surface area contributed by atoms with Gasteiger partial charge in [-0.3, -0.25) is 4.79 Å². The zero-order chi connectivity index (χ0) is 27.6. The molecule has 2 saturated carbocycles. The van der Waals surface area contributed by atoms with E-state index in [4.69, 9.17) is 0 Å². The van der Waals surface area contributed by atoms with Crippen LogP contribution in [0.1, 0.15) is 66.2 Å². The van der Waals surface area contributed by atoms with Crippen LogP contribution in [-0.2, 0) is 10.0 Å². The number of nitrogens with zero attached hydrogens (tertiary/aromatic N) is 2. The smallest absolute Gasteiger partial charge is 0.248 e. The molecule has 3 aromatic carbocycles. The molecule has 7 nitrogen and oxygen atoms in total. The van der Waals surface area contributed by atoms with Crippen LogP contribution in [0.4, 0.5) is 5.69 Å². The van der Waals surface area contributed by atoms with E-state index in [0.717, 1.165) is 35.6 Å². The zero-order valence-electron chi connectivity index (χ0n) is 22.2. The zero-order valence-corrected chi connectivity index (χ0v) is 23.1. The first-order chi connectivity index (χ1) is 18.6. The van der Waals surface area contributed by atoms with Crippen LogP contribution < -0.4 is 4.90 Å². The molecule has 0 aromatic heterocycles. The molecule has 0 bridgehead atoms. The number of fused-ring (bicyclic) bond motifs is 1. The highest BCUT2D eigenvalue weighted by Gasteiger charge is 2.75. The summed E-state index contributed by atoms with van der Waals surface area (Å²) < 4.78 is 30.2. The predicted octanol–water partition coefficient (Wildman–Crippen LogP) is 4.79. The minimum atomic E-state index is -4.52. The summed E-state index contributed by atoms with van der Waals surface area (Å²) in [6.07, 6.45) is 2.79. The summed E-state index contributed by atoms with van der Waals surface area (Å²) in [4.78, 5) is 16.2. The van der Waals surface area contributed by atoms with Gasteiger partial charge in [0.2, 0.25) is 21.5 Å². The van der Waals surface area contributed by atoms with E-state index in [-0.39, 0.29) is 23.2 Å². The second-order valence-corrected chi connectivity index (χ2v) is 13.4. The van der Waals surface area contributed by atoms with Gasteiger partial charge in [-0.25, -0.2) is 8.42 Å². The number of carbonyl (C=O) groups is 1. The van der Waals surface area contributed by atoms with Gasteiger partial charge in [0.05, 0.1) is 4.90 Å². The Balaban J connectivity index is 1.62. The summed E-state index contributed by atoms with van der Waals surface area (Å²) in [6.45, 7) is 1.86. The van der Waals surface area contributed by atoms with Crippen molar-refractivity contribution in [3.8, 4) is 0 Å². The number of para-hydroxylation sites is 1. The highest BCUT2D eigenvalue weighted by Crippen LogP contribution is 2.65. The summed E-state index contributed by atoms with van der Waals surface area (Å²) in [5, 5.41) is 24.5. The second kappa shape index (κ2) is 8.99. The van der Waals surface area contributed by atoms with Crippen LogP contribution in [0.2, 0.25) is 0 Å². The average molecular weight is 547 g/mol. The third-order valence-corrected chi connectivity index (χ3v) is 11.0. The molecule has 1 aliphatic heterocycles. The Morgan fingerprint density at radius 1 is 0.897 bits per heavy atom. The molecule has 39 heavy (non-hydrogen) atoms. The lowest BCUT2D eigenvalue weighted by atomic mass is 9.53. The normalized spacial score (nSPS) is 24.1. The first-order valence-corrected chi connectivity index (χ1v) is 14.9. The summed E-state index contributed by atoms with van der Waals surface area (Å²) in [6, 6.07) is 21.7. The molecule has 204 valence electrons. The highest BCUT2D eigenvalue weighted by atomic mass is 32.2. The lowest BCUT2D eigenvalue weighted by Crippen LogP contribution is -2.79. The van der Waals surface area contributed by atoms with Crippen LogP contribution >= 0.6 is 0 Å². The predicted molar refractivity (Wildman–Crippen MR) is 149 cm³/mol. The first kappa shape index (κ1) is 26.2. The van der Waals surface area contributed by atoms with E-state index in [1.165, 1.54) is 12.1 Å². The molecule has 2 aliphatic carbocycles. The van der Waals surface area contributed by atoms with Crippen LogP contribution in [-0.4, -0.2) is 47.0 Å². The van der Waals surface area contributed by atoms with E-state index >= 15 is 0 Å². The van der Waals surface area contributed by atoms with Gasteiger partial charge in [0.25, 0.3) is 0 Å². The minimum absolute atomic E-state index is 0.0573. The van der Waals surface area contributed by atoms with Gasteiger partial charge < -0.3 is 15.1 Å². The number of rotatable bonds is 6. The van der Waals surface area contributed by atoms with Crippen LogP contribution in [0.25, 0.3) is 0 Å². The molecule has 0 amide bonds. The molecule has 1 spiro atoms. The number of aliphatic hydroxyl groups excluding tert-OH is 1. The Morgan fingerprint density at radius 2 is 1.49 bits per heavy atom. The molecule has 3 aromatic rings. The Bertz CT molecular complexity index is 1510. The van der Waals surface area contributed by atoms with Crippen molar-refractivity contribution in [2.45, 2.75) is 67.8 Å². The lowest BCUT2D eigenvalue weighted by Gasteiger charge is -2.63. The standard InChI is InChI=1S/C31H34N2O5S/c1-22-14-16-24(17-15-22)39(37,38)33(28(35)23-10-4-3-5-11-23)31(30(36)20-29(21-30)18-8-9-19-29)27(34)25-12-6-7-13-26(25)32(31)2/h3-7,10-17,28,35-36H,8-9,18-21H2,1-2H3/t28-,31+/m0/s1. The van der Waals surface area contributed by atoms with Gasteiger partial charge >= 0.3 is 0 Å². The van der Waals surface area contributed by atoms with Crippen LogP contribution in [0.3, 0.4) is 0 Å². The molecule has 0 radical (unpaired) electrons. The number of aliphatic hydroxyl groups is 2. The van der Waals surface area contributed by atoms with Crippen molar-refractivity contribution in [2.75, 3.05) is 11.9 Å². The quantitative estimate of drug-likeness (QED) is 0.432. The number of carbonyl (C=O) groups excluding carboxylic acids is 1. The number of sulfonamides is 1. The first-order valence-electron chi connectivity index (χ1n) is 13.5. The Hall–Kier alpha value is -3.04. The fourth-order valence-corrected chi connectivity index (χ4v) is 9.24. The number of Topliss-reactive ketones (excluding diaryl/α,β-unsaturated/α-hetero) is 1. The third kappa shape index (κ3) is 3.65. The average Bonchev–Trinajstić information content (AvgIpc) is 3.47. The SMILES string of the molecule is Cc1ccc(S(=O)(=O)N([C@@H](O)c2ccccc2)[C@@]2(C3(O)CC4(CCCC4)C3)C(=O)c3ccccc3N2C)cc1. The highest BCUT2D eigenvalue weighted by molar-refractivity contribution is 7.89. The molecule has 3 aliphatic rings. The van der Waals surface area contributed by atoms with Gasteiger partial charge in [0, 0.05) is 18.3 Å². The van der Waals surface area contributed by atoms with Gasteiger partial charge in [-0.1, -0.05) is 73.0 Å². The van der Waals surface area contributed by atoms with Crippen molar-refractivity contribution in [3.05, 3.63) is 95.6 Å². The maximum atomic E-state index is 14.7. The van der Waals surface area contributed by atoms with Crippen LogP contribution in [0.5, 0.6) is 0 Å². The van der Waals surface area contributed by atoms with Crippen molar-refractivity contribution in [3.63, 3.8) is 0 Å². The van der Waals surface area contributed by atoms with Gasteiger partial charge in [-0.05, 0) is 67.9 Å². The number of hydrogen-bond donors (Lipinski definition) is 2. The molecule has 2 atom stereocenters. The molecular formula is C31H34N2O5S. The van der Waals surface area contributed by atoms with E-state index in [9.17, 15) is 23.4 Å². The van der Waals surface area contributed by atoms with Gasteiger partial charge in [0.1, 0.15) is 11.8 Å². The number of hydrogen-bond acceptors (Lipinski definition) is 6. The third-order valence-electron chi connectivity index (χ3n) is 9.18. The summed E-state index contributed by atoms with van der Waals surface area (Å²) in [5.41, 5.74) is -1.92. The Labute approximate surface area is 229 Å². The van der Waals surface area contributed by atoms with Crippen LogP contribution in [0, 0.1) is 12.3 Å². The van der Waals surface area contributed by atoms with Gasteiger partial charge in [0.15, 0.2) is 0 Å². The largest absolute Gasteiger partial charge is 0.385 e. The number of likely N-dealkylation sites (N-methyl/N-ethyl adjacent to an activating group) is 1. The van der Waals surface area contributed by atoms with E-state index in [0.29, 0.717) is 16.8 Å². The van der Waals surface area contributed by atoms with Crippen molar-refractivity contribution < 1.29 is 23.4 Å². The van der Waals surface area contributed by atoms with E-state index in [1.54, 1.807) is 78.7 Å². The molecule has 0 saturated heterocycles. The molecule has 8 heteroatoms. The molecule has 0 unspecified atom stereocenters. The Kier molecular flexibility index (Phi) is 6.04. The summed E-state index contributed by atoms with van der Waals surface area (Å²) in [7, 11) is -2.87. The molecule has 1 heterocycles. The lowest BCUT2D eigenvalue weighted by molar-refractivity contribution is -0.197. The molecular weight excluding hydrogens is 512 g/mol. The van der Waals surface area contributed by atoms with Crippen LogP contribution in [0.15, 0.2) is 83.8 Å². The van der Waals surface area contributed by atoms with Crippen molar-refractivity contribution in [1.29, 1.82) is 0 Å². The number of aryl methyl sites for hydroxylation is 1. The number of benzene rings is 3. The van der Waals surface area contributed by atoms with Crippen molar-refractivity contribution in [1.82, 2.24) is 4.31 Å². The van der Waals surface area contributed by atoms with E-state index in [2.05, 4.69) is 0 Å². The molecule has 2 fully saturated rings. The van der Waals surface area contributed by atoms with E-state index < -0.39 is 33.3 Å².